The van der Waals surface area contributed by atoms with Gasteiger partial charge in [0.2, 0.25) is 0 Å². The van der Waals surface area contributed by atoms with E-state index in [1.165, 1.54) is 11.1 Å². The summed E-state index contributed by atoms with van der Waals surface area (Å²) in [4.78, 5) is 0. The van der Waals surface area contributed by atoms with E-state index in [0.29, 0.717) is 6.04 Å². The van der Waals surface area contributed by atoms with Gasteiger partial charge in [-0.1, -0.05) is 61.1 Å². The van der Waals surface area contributed by atoms with Crippen molar-refractivity contribution in [3.63, 3.8) is 0 Å². The van der Waals surface area contributed by atoms with Crippen LogP contribution in [0.25, 0.3) is 0 Å². The van der Waals surface area contributed by atoms with Crippen molar-refractivity contribution in [1.82, 2.24) is 5.32 Å². The molecule has 0 fully saturated rings. The Balaban J connectivity index is 4.43. The Hall–Kier alpha value is -2.22. The average Bonchev–Trinajstić information content (AvgIpc) is 2.55. The summed E-state index contributed by atoms with van der Waals surface area (Å²) in [5.74, 6) is 0. The van der Waals surface area contributed by atoms with Crippen molar-refractivity contribution in [2.45, 2.75) is 53.5 Å². The lowest BCUT2D eigenvalue weighted by atomic mass is 10.1. The third-order valence-corrected chi connectivity index (χ3v) is 3.24. The van der Waals surface area contributed by atoms with Crippen LogP contribution < -0.4 is 11.1 Å². The fourth-order valence-corrected chi connectivity index (χ4v) is 2.00. The van der Waals surface area contributed by atoms with E-state index in [2.05, 4.69) is 62.5 Å². The topological polar surface area (TPSA) is 38.0 Å². The van der Waals surface area contributed by atoms with Crippen molar-refractivity contribution < 1.29 is 0 Å². The first-order valence-electron chi connectivity index (χ1n) is 8.72. The highest BCUT2D eigenvalue weighted by Crippen LogP contribution is 2.04. The van der Waals surface area contributed by atoms with Crippen molar-refractivity contribution in [2.24, 2.45) is 5.73 Å². The predicted molar refractivity (Wildman–Crippen MR) is 110 cm³/mol. The third-order valence-electron chi connectivity index (χ3n) is 3.24. The molecule has 24 heavy (non-hydrogen) atoms. The molecule has 2 nitrogen and oxygen atoms in total. The fraction of sp³-hybridized carbons (Fsp3) is 0.364. The molecule has 0 radical (unpaired) electrons. The van der Waals surface area contributed by atoms with Crippen LogP contribution in [0.2, 0.25) is 0 Å². The second-order valence-electron chi connectivity index (χ2n) is 5.72. The molecule has 0 bridgehead atoms. The maximum atomic E-state index is 6.05. The normalized spacial score (nSPS) is 16.1. The van der Waals surface area contributed by atoms with Gasteiger partial charge in [-0.25, -0.2) is 0 Å². The zero-order valence-electron chi connectivity index (χ0n) is 15.9. The van der Waals surface area contributed by atoms with Gasteiger partial charge in [-0.15, -0.1) is 0 Å². The zero-order valence-corrected chi connectivity index (χ0v) is 15.9. The van der Waals surface area contributed by atoms with Crippen LogP contribution >= 0.6 is 0 Å². The molecule has 0 saturated carbocycles. The molecule has 0 aliphatic rings. The van der Waals surface area contributed by atoms with Gasteiger partial charge in [-0.2, -0.15) is 0 Å². The molecule has 132 valence electrons. The van der Waals surface area contributed by atoms with Crippen LogP contribution in [-0.2, 0) is 0 Å². The van der Waals surface area contributed by atoms with Crippen LogP contribution in [0.1, 0.15) is 47.5 Å². The number of hydrogen-bond acceptors (Lipinski definition) is 2. The molecule has 0 aliphatic carbocycles. The van der Waals surface area contributed by atoms with Gasteiger partial charge in [-0.3, -0.25) is 0 Å². The molecule has 0 spiro atoms. The molecule has 2 heteroatoms. The minimum Gasteiger partial charge on any atom is -0.399 e. The summed E-state index contributed by atoms with van der Waals surface area (Å²) in [6.45, 7) is 10.4. The van der Waals surface area contributed by atoms with Crippen molar-refractivity contribution in [1.29, 1.82) is 0 Å². The summed E-state index contributed by atoms with van der Waals surface area (Å²) in [6, 6.07) is 0.338. The Bertz CT molecular complexity index is 540. The first-order chi connectivity index (χ1) is 11.5. The molecular formula is C22H34N2. The van der Waals surface area contributed by atoms with E-state index in [9.17, 15) is 0 Å². The Morgan fingerprint density at radius 3 is 2.38 bits per heavy atom. The van der Waals surface area contributed by atoms with E-state index < -0.39 is 0 Å². The summed E-state index contributed by atoms with van der Waals surface area (Å²) < 4.78 is 0. The fourth-order valence-electron chi connectivity index (χ4n) is 2.00. The van der Waals surface area contributed by atoms with E-state index in [1.807, 2.05) is 44.4 Å². The summed E-state index contributed by atoms with van der Waals surface area (Å²) in [5.41, 5.74) is 9.26. The molecule has 0 saturated heterocycles. The molecule has 0 aliphatic heterocycles. The van der Waals surface area contributed by atoms with Gasteiger partial charge in [0.15, 0.2) is 0 Å². The highest BCUT2D eigenvalue weighted by atomic mass is 14.9. The molecule has 0 rings (SSSR count). The first kappa shape index (κ1) is 21.8. The molecule has 0 heterocycles. The second kappa shape index (κ2) is 14.4. The van der Waals surface area contributed by atoms with Crippen LogP contribution in [0.3, 0.4) is 0 Å². The molecule has 0 aromatic rings. The minimum atomic E-state index is 0.338. The Morgan fingerprint density at radius 1 is 1.04 bits per heavy atom. The summed E-state index contributed by atoms with van der Waals surface area (Å²) in [5, 5.41) is 3.34. The lowest BCUT2D eigenvalue weighted by molar-refractivity contribution is 0.647. The van der Waals surface area contributed by atoms with Gasteiger partial charge in [-0.05, 0) is 64.5 Å². The van der Waals surface area contributed by atoms with Gasteiger partial charge >= 0.3 is 0 Å². The summed E-state index contributed by atoms with van der Waals surface area (Å²) in [7, 11) is 0. The molecule has 0 aromatic carbocycles. The number of allylic oxidation sites excluding steroid dienone is 11. The quantitative estimate of drug-likeness (QED) is 0.505. The Morgan fingerprint density at radius 2 is 1.75 bits per heavy atom. The molecule has 0 aromatic heterocycles. The number of rotatable bonds is 10. The van der Waals surface area contributed by atoms with E-state index in [4.69, 9.17) is 5.73 Å². The standard InChI is InChI=1S/C22H34N2/c1-6-10-19(4)13-9-18-24-20(5)14-16-22(23)17-15-21(11-7-2)12-8-3/h6-7,9-13,15-18,20,24H,8,14,23H2,1-5H3/b10-6-,11-7-,17-15-,18-9+,19-13-,21-12+,22-16+. The van der Waals surface area contributed by atoms with E-state index in [-0.39, 0.29) is 0 Å². The SMILES string of the molecule is C\C=C/C(C)=C\C=C\NC(C)C\C=C(N)/C=C\C(\C=C/C)=C\CC. The van der Waals surface area contributed by atoms with Crippen LogP contribution in [0.15, 0.2) is 83.8 Å². The summed E-state index contributed by atoms with van der Waals surface area (Å²) in [6.07, 6.45) is 24.5. The number of hydrogen-bond donors (Lipinski definition) is 2. The van der Waals surface area contributed by atoms with E-state index >= 15 is 0 Å². The Labute approximate surface area is 148 Å². The monoisotopic (exact) mass is 326 g/mol. The molecule has 1 atom stereocenters. The number of nitrogens with one attached hydrogen (secondary N) is 1. The van der Waals surface area contributed by atoms with E-state index in [1.54, 1.807) is 0 Å². The van der Waals surface area contributed by atoms with Crippen molar-refractivity contribution in [2.75, 3.05) is 0 Å². The van der Waals surface area contributed by atoms with Crippen molar-refractivity contribution >= 4 is 0 Å². The maximum Gasteiger partial charge on any atom is 0.0274 e. The van der Waals surface area contributed by atoms with Gasteiger partial charge in [0, 0.05) is 11.7 Å². The smallest absolute Gasteiger partial charge is 0.0274 e. The van der Waals surface area contributed by atoms with Gasteiger partial charge in [0.25, 0.3) is 0 Å². The molecule has 0 amide bonds. The zero-order chi connectivity index (χ0) is 18.2. The first-order valence-corrected chi connectivity index (χ1v) is 8.72. The highest BCUT2D eigenvalue weighted by Gasteiger charge is 1.95. The van der Waals surface area contributed by atoms with Crippen LogP contribution in [0.4, 0.5) is 0 Å². The predicted octanol–water partition coefficient (Wildman–Crippen LogP) is 5.70. The summed E-state index contributed by atoms with van der Waals surface area (Å²) >= 11 is 0. The van der Waals surface area contributed by atoms with Gasteiger partial charge < -0.3 is 11.1 Å². The van der Waals surface area contributed by atoms with Crippen molar-refractivity contribution in [3.8, 4) is 0 Å². The van der Waals surface area contributed by atoms with Gasteiger partial charge in [0.1, 0.15) is 0 Å². The molecule has 1 unspecified atom stereocenters. The van der Waals surface area contributed by atoms with Crippen LogP contribution in [0, 0.1) is 0 Å². The minimum absolute atomic E-state index is 0.338. The third kappa shape index (κ3) is 12.3. The average molecular weight is 327 g/mol. The molecular weight excluding hydrogens is 292 g/mol. The van der Waals surface area contributed by atoms with Crippen LogP contribution in [0.5, 0.6) is 0 Å². The lowest BCUT2D eigenvalue weighted by Gasteiger charge is -2.08. The lowest BCUT2D eigenvalue weighted by Crippen LogP contribution is -2.19. The largest absolute Gasteiger partial charge is 0.399 e. The molecule has 3 N–H and O–H groups in total. The number of nitrogens with two attached hydrogens (primary N) is 1. The van der Waals surface area contributed by atoms with E-state index in [0.717, 1.165) is 18.5 Å². The van der Waals surface area contributed by atoms with Crippen molar-refractivity contribution in [3.05, 3.63) is 83.8 Å². The van der Waals surface area contributed by atoms with Crippen LogP contribution in [-0.4, -0.2) is 6.04 Å². The highest BCUT2D eigenvalue weighted by molar-refractivity contribution is 5.34. The Kier molecular flexibility index (Phi) is 13.0. The second-order valence-corrected chi connectivity index (χ2v) is 5.72. The maximum absolute atomic E-state index is 6.05. The van der Waals surface area contributed by atoms with Gasteiger partial charge in [0.05, 0.1) is 0 Å².